The predicted octanol–water partition coefficient (Wildman–Crippen LogP) is 6.73. The Labute approximate surface area is 213 Å². The minimum atomic E-state index is -0.451. The second-order valence-electron chi connectivity index (χ2n) is 10.7. The monoisotopic (exact) mass is 482 g/mol. The number of hydrogen-bond acceptors (Lipinski definition) is 4. The van der Waals surface area contributed by atoms with Crippen molar-refractivity contribution in [2.75, 3.05) is 0 Å². The van der Waals surface area contributed by atoms with Gasteiger partial charge in [0.25, 0.3) is 0 Å². The third kappa shape index (κ3) is 4.82. The Morgan fingerprint density at radius 1 is 0.694 bits per heavy atom. The van der Waals surface area contributed by atoms with Crippen molar-refractivity contribution in [3.63, 3.8) is 0 Å². The van der Waals surface area contributed by atoms with E-state index < -0.39 is 5.41 Å². The molecule has 2 aliphatic carbocycles. The average Bonchev–Trinajstić information content (AvgIpc) is 3.81. The van der Waals surface area contributed by atoms with Gasteiger partial charge in [0.1, 0.15) is 11.5 Å². The molecule has 0 saturated heterocycles. The van der Waals surface area contributed by atoms with E-state index in [1.165, 1.54) is 5.56 Å². The Bertz CT molecular complexity index is 1170. The first-order chi connectivity index (χ1) is 17.3. The summed E-state index contributed by atoms with van der Waals surface area (Å²) < 4.78 is 11.2. The van der Waals surface area contributed by atoms with Crippen LogP contribution in [-0.2, 0) is 21.4 Å². The van der Waals surface area contributed by atoms with Gasteiger partial charge >= 0.3 is 11.9 Å². The molecule has 4 nitrogen and oxygen atoms in total. The van der Waals surface area contributed by atoms with Crippen LogP contribution in [0.2, 0.25) is 0 Å². The minimum absolute atomic E-state index is 0.0303. The average molecular weight is 483 g/mol. The van der Waals surface area contributed by atoms with E-state index in [1.54, 1.807) is 0 Å². The standard InChI is InChI=1S/C32H34O4/c1-5-22-6-8-23(9-7-22)32(4,24-10-14-26(15-11-24)35-30(33)28-18-20(28)2)25-12-16-27(17-13-25)36-31(34)29-19-21(29)3/h6-17,20-21,28-29H,5,18-19H2,1-4H3/t20-,21-,28-,29+,32?/m0/s1. The van der Waals surface area contributed by atoms with E-state index >= 15 is 0 Å². The summed E-state index contributed by atoms with van der Waals surface area (Å²) in [6, 6.07) is 24.4. The summed E-state index contributed by atoms with van der Waals surface area (Å²) >= 11 is 0. The van der Waals surface area contributed by atoms with E-state index in [9.17, 15) is 9.59 Å². The number of aryl methyl sites for hydroxylation is 1. The zero-order chi connectivity index (χ0) is 25.4. The van der Waals surface area contributed by atoms with Crippen LogP contribution in [0.4, 0.5) is 0 Å². The van der Waals surface area contributed by atoms with Crippen LogP contribution in [0, 0.1) is 23.7 Å². The molecule has 3 aromatic rings. The van der Waals surface area contributed by atoms with Gasteiger partial charge in [0.05, 0.1) is 11.8 Å². The van der Waals surface area contributed by atoms with Crippen molar-refractivity contribution in [3.8, 4) is 11.5 Å². The maximum atomic E-state index is 12.3. The molecule has 186 valence electrons. The first-order valence-electron chi connectivity index (χ1n) is 13.0. The highest BCUT2D eigenvalue weighted by Gasteiger charge is 2.41. The third-order valence-corrected chi connectivity index (χ3v) is 8.06. The van der Waals surface area contributed by atoms with Gasteiger partial charge in [-0.2, -0.15) is 0 Å². The first kappa shape index (κ1) is 24.3. The smallest absolute Gasteiger partial charge is 0.314 e. The summed E-state index contributed by atoms with van der Waals surface area (Å²) in [6.07, 6.45) is 2.80. The highest BCUT2D eigenvalue weighted by Crippen LogP contribution is 2.42. The largest absolute Gasteiger partial charge is 0.426 e. The number of rotatable bonds is 8. The van der Waals surface area contributed by atoms with E-state index in [4.69, 9.17) is 9.47 Å². The number of benzene rings is 3. The number of hydrogen-bond donors (Lipinski definition) is 0. The van der Waals surface area contributed by atoms with Crippen molar-refractivity contribution in [1.29, 1.82) is 0 Å². The van der Waals surface area contributed by atoms with E-state index in [2.05, 4.69) is 52.0 Å². The zero-order valence-corrected chi connectivity index (χ0v) is 21.5. The van der Waals surface area contributed by atoms with Crippen LogP contribution in [-0.4, -0.2) is 11.9 Å². The molecule has 5 atom stereocenters. The van der Waals surface area contributed by atoms with Crippen LogP contribution in [0.5, 0.6) is 11.5 Å². The lowest BCUT2D eigenvalue weighted by molar-refractivity contribution is -0.137. The topological polar surface area (TPSA) is 52.6 Å². The van der Waals surface area contributed by atoms with Crippen LogP contribution in [0.1, 0.15) is 62.8 Å². The molecule has 2 aliphatic rings. The van der Waals surface area contributed by atoms with Gasteiger partial charge in [-0.25, -0.2) is 0 Å². The molecule has 0 heterocycles. The highest BCUT2D eigenvalue weighted by molar-refractivity contribution is 5.78. The minimum Gasteiger partial charge on any atom is -0.426 e. The summed E-state index contributed by atoms with van der Waals surface area (Å²) in [7, 11) is 0. The molecule has 3 aromatic carbocycles. The lowest BCUT2D eigenvalue weighted by atomic mass is 9.71. The summed E-state index contributed by atoms with van der Waals surface area (Å²) in [4.78, 5) is 24.6. The van der Waals surface area contributed by atoms with Crippen molar-refractivity contribution in [2.24, 2.45) is 23.7 Å². The molecule has 0 radical (unpaired) electrons. The Hall–Kier alpha value is -3.40. The lowest BCUT2D eigenvalue weighted by Crippen LogP contribution is -2.25. The van der Waals surface area contributed by atoms with Crippen molar-refractivity contribution >= 4 is 11.9 Å². The summed E-state index contributed by atoms with van der Waals surface area (Å²) in [5.74, 6) is 1.76. The van der Waals surface area contributed by atoms with Crippen LogP contribution in [0.25, 0.3) is 0 Å². The fourth-order valence-corrected chi connectivity index (χ4v) is 4.97. The molecular weight excluding hydrogens is 448 g/mol. The lowest BCUT2D eigenvalue weighted by Gasteiger charge is -2.32. The fraction of sp³-hybridized carbons (Fsp3) is 0.375. The summed E-state index contributed by atoms with van der Waals surface area (Å²) in [5, 5.41) is 0. The van der Waals surface area contributed by atoms with E-state index in [0.29, 0.717) is 23.3 Å². The highest BCUT2D eigenvalue weighted by atomic mass is 16.5. The second-order valence-corrected chi connectivity index (χ2v) is 10.7. The van der Waals surface area contributed by atoms with E-state index in [0.717, 1.165) is 36.0 Å². The predicted molar refractivity (Wildman–Crippen MR) is 140 cm³/mol. The molecule has 36 heavy (non-hydrogen) atoms. The molecule has 1 unspecified atom stereocenters. The maximum Gasteiger partial charge on any atom is 0.314 e. The molecule has 0 amide bonds. The summed E-state index contributed by atoms with van der Waals surface area (Å²) in [6.45, 7) is 8.50. The van der Waals surface area contributed by atoms with Crippen molar-refractivity contribution < 1.29 is 19.1 Å². The molecule has 2 saturated carbocycles. The van der Waals surface area contributed by atoms with Gasteiger partial charge in [-0.1, -0.05) is 69.3 Å². The van der Waals surface area contributed by atoms with Gasteiger partial charge in [-0.3, -0.25) is 9.59 Å². The van der Waals surface area contributed by atoms with Gasteiger partial charge in [-0.05, 0) is 84.5 Å². The van der Waals surface area contributed by atoms with E-state index in [1.807, 2.05) is 48.5 Å². The van der Waals surface area contributed by atoms with Crippen molar-refractivity contribution in [3.05, 3.63) is 95.1 Å². The number of carbonyl (C=O) groups is 2. The molecule has 2 fully saturated rings. The molecule has 0 aromatic heterocycles. The van der Waals surface area contributed by atoms with E-state index in [-0.39, 0.29) is 23.8 Å². The Balaban J connectivity index is 1.43. The molecule has 0 N–H and O–H groups in total. The van der Waals surface area contributed by atoms with Gasteiger partial charge < -0.3 is 9.47 Å². The third-order valence-electron chi connectivity index (χ3n) is 8.06. The number of esters is 2. The van der Waals surface area contributed by atoms with Crippen LogP contribution in [0.3, 0.4) is 0 Å². The molecule has 5 rings (SSSR count). The number of ether oxygens (including phenoxy) is 2. The molecular formula is C32H34O4. The van der Waals surface area contributed by atoms with Crippen molar-refractivity contribution in [1.82, 2.24) is 0 Å². The Morgan fingerprint density at radius 3 is 1.33 bits per heavy atom. The number of carbonyl (C=O) groups excluding carboxylic acids is 2. The first-order valence-corrected chi connectivity index (χ1v) is 13.0. The normalized spacial score (nSPS) is 23.9. The molecule has 4 heteroatoms. The quantitative estimate of drug-likeness (QED) is 0.203. The van der Waals surface area contributed by atoms with Crippen LogP contribution in [0.15, 0.2) is 72.8 Å². The van der Waals surface area contributed by atoms with Gasteiger partial charge in [0.2, 0.25) is 0 Å². The Kier molecular flexibility index (Phi) is 6.46. The summed E-state index contributed by atoms with van der Waals surface area (Å²) in [5.41, 5.74) is 4.17. The Morgan fingerprint density at radius 2 is 1.03 bits per heavy atom. The fourth-order valence-electron chi connectivity index (χ4n) is 4.97. The molecule has 0 bridgehead atoms. The SMILES string of the molecule is CCc1ccc(C(C)(c2ccc(OC(=O)[C@H]3C[C@@H]3C)cc2)c2ccc(OC(=O)[C@@H]3C[C@@H]3C)cc2)cc1. The van der Waals surface area contributed by atoms with Gasteiger partial charge in [-0.15, -0.1) is 0 Å². The zero-order valence-electron chi connectivity index (χ0n) is 21.5. The maximum absolute atomic E-state index is 12.3. The van der Waals surface area contributed by atoms with Gasteiger partial charge in [0, 0.05) is 5.41 Å². The van der Waals surface area contributed by atoms with Gasteiger partial charge in [0.15, 0.2) is 0 Å². The molecule has 0 spiro atoms. The van der Waals surface area contributed by atoms with Crippen molar-refractivity contribution in [2.45, 2.75) is 52.4 Å². The van der Waals surface area contributed by atoms with Crippen LogP contribution >= 0.6 is 0 Å². The van der Waals surface area contributed by atoms with Crippen LogP contribution < -0.4 is 9.47 Å². The molecule has 0 aliphatic heterocycles. The second kappa shape index (κ2) is 9.57.